The van der Waals surface area contributed by atoms with E-state index in [0.717, 1.165) is 17.3 Å². The summed E-state index contributed by atoms with van der Waals surface area (Å²) in [5, 5.41) is 4.71. The van der Waals surface area contributed by atoms with Gasteiger partial charge in [0.05, 0.1) is 12.3 Å². The minimum Gasteiger partial charge on any atom is -0.430 e. The first kappa shape index (κ1) is 13.7. The number of benzene rings is 1. The number of rotatable bonds is 6. The van der Waals surface area contributed by atoms with Gasteiger partial charge in [-0.2, -0.15) is 14.5 Å². The molecule has 3 aromatic rings. The van der Waals surface area contributed by atoms with E-state index in [4.69, 9.17) is 9.47 Å². The molecule has 0 saturated carbocycles. The summed E-state index contributed by atoms with van der Waals surface area (Å²) >= 11 is 1.24. The fraction of sp³-hybridized carbons (Fsp3) is 0.214. The highest BCUT2D eigenvalue weighted by atomic mass is 32.1. The van der Waals surface area contributed by atoms with Crippen LogP contribution in [0.4, 0.5) is 0 Å². The van der Waals surface area contributed by atoms with Crippen molar-refractivity contribution in [2.24, 2.45) is 0 Å². The number of methoxy groups -OCH3 is 1. The van der Waals surface area contributed by atoms with Crippen molar-refractivity contribution in [3.8, 4) is 16.6 Å². The third kappa shape index (κ3) is 3.45. The van der Waals surface area contributed by atoms with Crippen LogP contribution in [-0.2, 0) is 11.2 Å². The molecule has 0 radical (unpaired) electrons. The lowest BCUT2D eigenvalue weighted by atomic mass is 10.3. The molecule has 0 unspecified atom stereocenters. The second-order valence-electron chi connectivity index (χ2n) is 4.27. The highest BCUT2D eigenvalue weighted by molar-refractivity contribution is 7.07. The second-order valence-corrected chi connectivity index (χ2v) is 4.98. The van der Waals surface area contributed by atoms with Gasteiger partial charge in [0.15, 0.2) is 0 Å². The van der Waals surface area contributed by atoms with E-state index >= 15 is 0 Å². The second kappa shape index (κ2) is 6.47. The zero-order chi connectivity index (χ0) is 14.5. The first-order chi connectivity index (χ1) is 10.3. The average Bonchev–Trinajstić information content (AvgIpc) is 3.17. The predicted octanol–water partition coefficient (Wildman–Crippen LogP) is 2.71. The monoisotopic (exact) mass is 302 g/mol. The fourth-order valence-corrected chi connectivity index (χ4v) is 2.36. The molecule has 2 heterocycles. The number of ether oxygens (including phenoxy) is 2. The molecule has 2 aromatic heterocycles. The van der Waals surface area contributed by atoms with Crippen molar-refractivity contribution in [1.29, 1.82) is 0 Å². The Kier molecular flexibility index (Phi) is 4.23. The van der Waals surface area contributed by atoms with Crippen molar-refractivity contribution in [3.05, 3.63) is 48.5 Å². The van der Waals surface area contributed by atoms with Gasteiger partial charge < -0.3 is 9.47 Å². The van der Waals surface area contributed by atoms with Crippen LogP contribution in [-0.4, -0.2) is 32.9 Å². The Hall–Kier alpha value is -2.25. The summed E-state index contributed by atoms with van der Waals surface area (Å²) in [6, 6.07) is 9.53. The molecule has 0 aliphatic rings. The summed E-state index contributed by atoms with van der Waals surface area (Å²) in [5.74, 6) is 1.46. The van der Waals surface area contributed by atoms with Gasteiger partial charge in [-0.05, 0) is 30.3 Å². The van der Waals surface area contributed by atoms with Gasteiger partial charge in [-0.3, -0.25) is 0 Å². The molecule has 3 rings (SSSR count). The summed E-state index contributed by atoms with van der Waals surface area (Å²) in [6.45, 7) is 0.606. The van der Waals surface area contributed by atoms with Crippen LogP contribution in [0.15, 0.2) is 42.7 Å². The lowest BCUT2D eigenvalue weighted by Gasteiger charge is -2.03. The van der Waals surface area contributed by atoms with E-state index in [-0.39, 0.29) is 0 Å². The maximum Gasteiger partial charge on any atom is 0.298 e. The van der Waals surface area contributed by atoms with Gasteiger partial charge in [0.25, 0.3) is 5.19 Å². The molecule has 0 spiro atoms. The molecule has 0 aliphatic carbocycles. The molecule has 1 aromatic carbocycles. The summed E-state index contributed by atoms with van der Waals surface area (Å²) in [5.41, 5.74) is 0.977. The standard InChI is InChI=1S/C14H14N4O2S/c1-19-10-7-13-16-14(21-17-13)20-12-5-3-11(4-6-12)18-9-2-8-15-18/h2-6,8-9H,7,10H2,1H3. The van der Waals surface area contributed by atoms with Gasteiger partial charge in [-0.1, -0.05) is 0 Å². The van der Waals surface area contributed by atoms with Crippen LogP contribution in [0, 0.1) is 0 Å². The van der Waals surface area contributed by atoms with Crippen LogP contribution in [0.3, 0.4) is 0 Å². The number of hydrogen-bond donors (Lipinski definition) is 0. The molecule has 0 aliphatic heterocycles. The van der Waals surface area contributed by atoms with Crippen molar-refractivity contribution >= 4 is 11.5 Å². The molecule has 6 nitrogen and oxygen atoms in total. The zero-order valence-electron chi connectivity index (χ0n) is 11.5. The van der Waals surface area contributed by atoms with Crippen LogP contribution in [0.5, 0.6) is 10.9 Å². The van der Waals surface area contributed by atoms with E-state index < -0.39 is 0 Å². The van der Waals surface area contributed by atoms with Crippen molar-refractivity contribution in [3.63, 3.8) is 0 Å². The van der Waals surface area contributed by atoms with E-state index in [1.165, 1.54) is 11.5 Å². The summed E-state index contributed by atoms with van der Waals surface area (Å²) in [4.78, 5) is 4.30. The van der Waals surface area contributed by atoms with Crippen LogP contribution >= 0.6 is 11.5 Å². The third-order valence-electron chi connectivity index (χ3n) is 2.79. The van der Waals surface area contributed by atoms with Crippen LogP contribution in [0.2, 0.25) is 0 Å². The van der Waals surface area contributed by atoms with Crippen molar-refractivity contribution < 1.29 is 9.47 Å². The normalized spacial score (nSPS) is 10.7. The Morgan fingerprint density at radius 2 is 2.10 bits per heavy atom. The van der Waals surface area contributed by atoms with Gasteiger partial charge >= 0.3 is 0 Å². The molecular weight excluding hydrogens is 288 g/mol. The first-order valence-corrected chi connectivity index (χ1v) is 7.22. The van der Waals surface area contributed by atoms with Crippen LogP contribution in [0.25, 0.3) is 5.69 Å². The number of hydrogen-bond acceptors (Lipinski definition) is 6. The van der Waals surface area contributed by atoms with E-state index in [9.17, 15) is 0 Å². The molecule has 0 atom stereocenters. The maximum absolute atomic E-state index is 5.69. The minimum atomic E-state index is 0.535. The maximum atomic E-state index is 5.69. The van der Waals surface area contributed by atoms with Gasteiger partial charge in [-0.25, -0.2) is 4.68 Å². The van der Waals surface area contributed by atoms with Crippen molar-refractivity contribution in [1.82, 2.24) is 19.1 Å². The highest BCUT2D eigenvalue weighted by Crippen LogP contribution is 2.24. The molecule has 0 amide bonds. The SMILES string of the molecule is COCCc1nsc(Oc2ccc(-n3cccn3)cc2)n1. The molecule has 108 valence electrons. The van der Waals surface area contributed by atoms with Crippen LogP contribution < -0.4 is 4.74 Å². The summed E-state index contributed by atoms with van der Waals surface area (Å²) in [6.07, 6.45) is 4.32. The highest BCUT2D eigenvalue weighted by Gasteiger charge is 2.06. The van der Waals surface area contributed by atoms with E-state index in [0.29, 0.717) is 18.2 Å². The molecule has 0 bridgehead atoms. The van der Waals surface area contributed by atoms with E-state index in [1.807, 2.05) is 36.5 Å². The molecule has 0 N–H and O–H groups in total. The predicted molar refractivity (Wildman–Crippen MR) is 79.1 cm³/mol. The Labute approximate surface area is 126 Å². The van der Waals surface area contributed by atoms with Gasteiger partial charge in [0.2, 0.25) is 0 Å². The van der Waals surface area contributed by atoms with Crippen molar-refractivity contribution in [2.45, 2.75) is 6.42 Å². The average molecular weight is 302 g/mol. The molecular formula is C14H14N4O2S. The van der Waals surface area contributed by atoms with E-state index in [2.05, 4.69) is 14.5 Å². The smallest absolute Gasteiger partial charge is 0.298 e. The van der Waals surface area contributed by atoms with Crippen LogP contribution in [0.1, 0.15) is 5.82 Å². The fourth-order valence-electron chi connectivity index (χ4n) is 1.76. The number of aromatic nitrogens is 4. The topological polar surface area (TPSA) is 62.1 Å². The van der Waals surface area contributed by atoms with Crippen molar-refractivity contribution in [2.75, 3.05) is 13.7 Å². The Balaban J connectivity index is 1.66. The molecule has 0 saturated heterocycles. The lowest BCUT2D eigenvalue weighted by Crippen LogP contribution is -1.96. The number of nitrogens with zero attached hydrogens (tertiary/aromatic N) is 4. The molecule has 21 heavy (non-hydrogen) atoms. The van der Waals surface area contributed by atoms with Gasteiger partial charge in [0.1, 0.15) is 11.6 Å². The Bertz CT molecular complexity index is 679. The first-order valence-electron chi connectivity index (χ1n) is 6.44. The third-order valence-corrected chi connectivity index (χ3v) is 3.42. The summed E-state index contributed by atoms with van der Waals surface area (Å²) < 4.78 is 16.7. The van der Waals surface area contributed by atoms with E-state index in [1.54, 1.807) is 18.0 Å². The largest absolute Gasteiger partial charge is 0.430 e. The molecule has 7 heteroatoms. The van der Waals surface area contributed by atoms with Gasteiger partial charge in [-0.15, -0.1) is 0 Å². The quantitative estimate of drug-likeness (QED) is 0.700. The Morgan fingerprint density at radius 1 is 1.24 bits per heavy atom. The zero-order valence-corrected chi connectivity index (χ0v) is 12.3. The minimum absolute atomic E-state index is 0.535. The Morgan fingerprint density at radius 3 is 2.81 bits per heavy atom. The lowest BCUT2D eigenvalue weighted by molar-refractivity contribution is 0.200. The molecule has 0 fully saturated rings. The summed E-state index contributed by atoms with van der Waals surface area (Å²) in [7, 11) is 1.66. The van der Waals surface area contributed by atoms with Gasteiger partial charge in [0, 0.05) is 37.5 Å².